The van der Waals surface area contributed by atoms with Gasteiger partial charge in [0.05, 0.1) is 5.56 Å². The van der Waals surface area contributed by atoms with Crippen LogP contribution in [-0.2, 0) is 4.79 Å². The van der Waals surface area contributed by atoms with E-state index in [0.717, 1.165) is 38.1 Å². The van der Waals surface area contributed by atoms with Gasteiger partial charge in [-0.2, -0.15) is 0 Å². The Morgan fingerprint density at radius 3 is 2.60 bits per heavy atom. The van der Waals surface area contributed by atoms with E-state index in [4.69, 9.17) is 5.73 Å². The number of hydrogen-bond acceptors (Lipinski definition) is 3. The molecular formula is C14H18FN3O2. The Balaban J connectivity index is 2.01. The molecule has 108 valence electrons. The molecule has 1 aromatic rings. The highest BCUT2D eigenvalue weighted by Gasteiger charge is 2.25. The predicted octanol–water partition coefficient (Wildman–Crippen LogP) is 1.15. The van der Waals surface area contributed by atoms with E-state index in [1.54, 1.807) is 11.8 Å². The van der Waals surface area contributed by atoms with Crippen molar-refractivity contribution in [2.24, 2.45) is 0 Å². The van der Waals surface area contributed by atoms with Gasteiger partial charge in [0.2, 0.25) is 5.91 Å². The number of rotatable bonds is 3. The summed E-state index contributed by atoms with van der Waals surface area (Å²) in [4.78, 5) is 25.8. The summed E-state index contributed by atoms with van der Waals surface area (Å²) in [5.41, 5.74) is 5.83. The molecule has 0 radical (unpaired) electrons. The van der Waals surface area contributed by atoms with Gasteiger partial charge in [-0.3, -0.25) is 9.59 Å². The fourth-order valence-electron chi connectivity index (χ4n) is 2.29. The Bertz CT molecular complexity index is 527. The van der Waals surface area contributed by atoms with Crippen LogP contribution in [0.15, 0.2) is 18.2 Å². The molecule has 1 atom stereocenters. The number of halogens is 1. The number of nitrogens with zero attached hydrogens (tertiary/aromatic N) is 1. The Hall–Kier alpha value is -2.11. The van der Waals surface area contributed by atoms with Gasteiger partial charge in [-0.1, -0.05) is 0 Å². The van der Waals surface area contributed by atoms with Crippen molar-refractivity contribution in [2.45, 2.75) is 25.8 Å². The lowest BCUT2D eigenvalue weighted by Gasteiger charge is -2.21. The van der Waals surface area contributed by atoms with E-state index < -0.39 is 17.8 Å². The molecule has 0 saturated carbocycles. The zero-order valence-electron chi connectivity index (χ0n) is 11.4. The molecule has 1 aliphatic heterocycles. The molecule has 3 N–H and O–H groups in total. The molecular weight excluding hydrogens is 261 g/mol. The van der Waals surface area contributed by atoms with Gasteiger partial charge in [-0.05, 0) is 38.0 Å². The van der Waals surface area contributed by atoms with Crippen molar-refractivity contribution >= 4 is 17.5 Å². The monoisotopic (exact) mass is 279 g/mol. The van der Waals surface area contributed by atoms with E-state index in [9.17, 15) is 14.0 Å². The number of benzene rings is 1. The summed E-state index contributed by atoms with van der Waals surface area (Å²) >= 11 is 0. The Morgan fingerprint density at radius 1 is 1.35 bits per heavy atom. The molecule has 2 rings (SSSR count). The van der Waals surface area contributed by atoms with Crippen LogP contribution in [0, 0.1) is 5.82 Å². The molecule has 0 aliphatic carbocycles. The molecule has 0 aromatic heterocycles. The average molecular weight is 279 g/mol. The van der Waals surface area contributed by atoms with Crippen molar-refractivity contribution in [3.63, 3.8) is 0 Å². The van der Waals surface area contributed by atoms with Gasteiger partial charge in [-0.25, -0.2) is 4.39 Å². The number of carbonyl (C=O) groups is 2. The first-order valence-corrected chi connectivity index (χ1v) is 6.63. The normalized spacial score (nSPS) is 16.0. The molecule has 2 amide bonds. The van der Waals surface area contributed by atoms with E-state index in [1.807, 2.05) is 0 Å². The lowest BCUT2D eigenvalue weighted by atomic mass is 10.1. The van der Waals surface area contributed by atoms with E-state index >= 15 is 0 Å². The van der Waals surface area contributed by atoms with Crippen LogP contribution < -0.4 is 11.1 Å². The predicted molar refractivity (Wildman–Crippen MR) is 73.6 cm³/mol. The second-order valence-corrected chi connectivity index (χ2v) is 4.96. The summed E-state index contributed by atoms with van der Waals surface area (Å²) in [5.74, 6) is -1.07. The van der Waals surface area contributed by atoms with E-state index in [-0.39, 0.29) is 17.2 Å². The SMILES string of the molecule is CC(NC(=O)c1ccc(F)cc1N)C(=O)N1CCCC1. The van der Waals surface area contributed by atoms with Crippen molar-refractivity contribution in [3.8, 4) is 0 Å². The minimum absolute atomic E-state index is 0.0586. The summed E-state index contributed by atoms with van der Waals surface area (Å²) in [7, 11) is 0. The van der Waals surface area contributed by atoms with Crippen molar-refractivity contribution in [3.05, 3.63) is 29.6 Å². The molecule has 0 spiro atoms. The van der Waals surface area contributed by atoms with Crippen LogP contribution in [0.2, 0.25) is 0 Å². The highest BCUT2D eigenvalue weighted by atomic mass is 19.1. The second-order valence-electron chi connectivity index (χ2n) is 4.96. The third kappa shape index (κ3) is 3.07. The molecule has 1 aromatic carbocycles. The first kappa shape index (κ1) is 14.3. The number of nitrogens with one attached hydrogen (secondary N) is 1. The van der Waals surface area contributed by atoms with Crippen molar-refractivity contribution in [1.29, 1.82) is 0 Å². The molecule has 1 saturated heterocycles. The number of hydrogen-bond donors (Lipinski definition) is 2. The zero-order chi connectivity index (χ0) is 14.7. The number of carbonyl (C=O) groups excluding carboxylic acids is 2. The van der Waals surface area contributed by atoms with Gasteiger partial charge in [0, 0.05) is 18.8 Å². The Kier molecular flexibility index (Phi) is 4.22. The van der Waals surface area contributed by atoms with Crippen molar-refractivity contribution in [2.75, 3.05) is 18.8 Å². The topological polar surface area (TPSA) is 75.4 Å². The maximum Gasteiger partial charge on any atom is 0.254 e. The van der Waals surface area contributed by atoms with Crippen molar-refractivity contribution < 1.29 is 14.0 Å². The average Bonchev–Trinajstić information content (AvgIpc) is 2.91. The Labute approximate surface area is 116 Å². The minimum atomic E-state index is -0.620. The standard InChI is InChI=1S/C14H18FN3O2/c1-9(14(20)18-6-2-3-7-18)17-13(19)11-5-4-10(15)8-12(11)16/h4-5,8-9H,2-3,6-7,16H2,1H3,(H,17,19). The second kappa shape index (κ2) is 5.90. The maximum absolute atomic E-state index is 12.9. The molecule has 0 bridgehead atoms. The van der Waals surface area contributed by atoms with Crippen LogP contribution >= 0.6 is 0 Å². The summed E-state index contributed by atoms with van der Waals surface area (Å²) in [5, 5.41) is 2.60. The largest absolute Gasteiger partial charge is 0.398 e. The molecule has 5 nitrogen and oxygen atoms in total. The molecule has 1 fully saturated rings. The first-order valence-electron chi connectivity index (χ1n) is 6.63. The number of amides is 2. The van der Waals surface area contributed by atoms with Crippen LogP contribution in [0.4, 0.5) is 10.1 Å². The zero-order valence-corrected chi connectivity index (χ0v) is 11.4. The highest BCUT2D eigenvalue weighted by Crippen LogP contribution is 2.14. The highest BCUT2D eigenvalue weighted by molar-refractivity contribution is 6.01. The van der Waals surface area contributed by atoms with E-state index in [1.165, 1.54) is 6.07 Å². The number of anilines is 1. The quantitative estimate of drug-likeness (QED) is 0.815. The summed E-state index contributed by atoms with van der Waals surface area (Å²) in [6.45, 7) is 3.10. The van der Waals surface area contributed by atoms with Gasteiger partial charge < -0.3 is 16.0 Å². The molecule has 1 aliphatic rings. The lowest BCUT2D eigenvalue weighted by Crippen LogP contribution is -2.46. The maximum atomic E-state index is 12.9. The smallest absolute Gasteiger partial charge is 0.254 e. The van der Waals surface area contributed by atoms with E-state index in [0.29, 0.717) is 0 Å². The van der Waals surface area contributed by atoms with Crippen LogP contribution in [0.25, 0.3) is 0 Å². The molecule has 1 heterocycles. The number of nitrogen functional groups attached to an aromatic ring is 1. The van der Waals surface area contributed by atoms with Gasteiger partial charge in [0.15, 0.2) is 0 Å². The first-order chi connectivity index (χ1) is 9.49. The van der Waals surface area contributed by atoms with Crippen LogP contribution in [-0.4, -0.2) is 35.8 Å². The Morgan fingerprint density at radius 2 is 2.00 bits per heavy atom. The third-order valence-corrected chi connectivity index (χ3v) is 3.39. The summed E-state index contributed by atoms with van der Waals surface area (Å²) in [6, 6.07) is 2.94. The van der Waals surface area contributed by atoms with Crippen LogP contribution in [0.5, 0.6) is 0 Å². The van der Waals surface area contributed by atoms with Crippen LogP contribution in [0.3, 0.4) is 0 Å². The van der Waals surface area contributed by atoms with Gasteiger partial charge >= 0.3 is 0 Å². The van der Waals surface area contributed by atoms with Gasteiger partial charge in [-0.15, -0.1) is 0 Å². The third-order valence-electron chi connectivity index (χ3n) is 3.39. The van der Waals surface area contributed by atoms with Crippen molar-refractivity contribution in [1.82, 2.24) is 10.2 Å². The molecule has 6 heteroatoms. The number of nitrogens with two attached hydrogens (primary N) is 1. The lowest BCUT2D eigenvalue weighted by molar-refractivity contribution is -0.131. The van der Waals surface area contributed by atoms with Gasteiger partial charge in [0.25, 0.3) is 5.91 Å². The fraction of sp³-hybridized carbons (Fsp3) is 0.429. The van der Waals surface area contributed by atoms with E-state index in [2.05, 4.69) is 5.32 Å². The van der Waals surface area contributed by atoms with Gasteiger partial charge in [0.1, 0.15) is 11.9 Å². The molecule has 20 heavy (non-hydrogen) atoms. The number of likely N-dealkylation sites (tertiary alicyclic amines) is 1. The summed E-state index contributed by atoms with van der Waals surface area (Å²) in [6.07, 6.45) is 1.99. The van der Waals surface area contributed by atoms with Crippen LogP contribution in [0.1, 0.15) is 30.1 Å². The molecule has 1 unspecified atom stereocenters. The summed E-state index contributed by atoms with van der Waals surface area (Å²) < 4.78 is 12.9. The minimum Gasteiger partial charge on any atom is -0.398 e. The fourth-order valence-corrected chi connectivity index (χ4v) is 2.29.